The van der Waals surface area contributed by atoms with Crippen LogP contribution in [0.5, 0.6) is 0 Å². The van der Waals surface area contributed by atoms with Crippen molar-refractivity contribution in [3.8, 4) is 0 Å². The summed E-state index contributed by atoms with van der Waals surface area (Å²) >= 11 is 0. The largest absolute Gasteiger partial charge is 0.395 e. The van der Waals surface area contributed by atoms with E-state index in [9.17, 15) is 5.11 Å². The maximum absolute atomic E-state index is 9.31. The molecule has 0 aromatic heterocycles. The highest BCUT2D eigenvalue weighted by molar-refractivity contribution is 5.17. The maximum Gasteiger partial charge on any atom is 0.0587 e. The molecule has 2 fully saturated rings. The van der Waals surface area contributed by atoms with Crippen LogP contribution >= 0.6 is 0 Å². The zero-order chi connectivity index (χ0) is 10.3. The van der Waals surface area contributed by atoms with Crippen molar-refractivity contribution in [3.63, 3.8) is 0 Å². The van der Waals surface area contributed by atoms with Gasteiger partial charge < -0.3 is 5.11 Å². The Labute approximate surface area is 90.5 Å². The first-order valence-corrected chi connectivity index (χ1v) is 5.79. The van der Waals surface area contributed by atoms with E-state index in [0.29, 0.717) is 12.6 Å². The van der Waals surface area contributed by atoms with Crippen LogP contribution in [0.4, 0.5) is 0 Å². The van der Waals surface area contributed by atoms with Gasteiger partial charge in [0.05, 0.1) is 6.61 Å². The summed E-state index contributed by atoms with van der Waals surface area (Å²) in [6.07, 6.45) is 2.55. The molecule has 2 aliphatic rings. The minimum atomic E-state index is 0.319. The number of fused-ring (bicyclic) bond motifs is 1. The van der Waals surface area contributed by atoms with Gasteiger partial charge in [0.2, 0.25) is 0 Å². The molecule has 1 heterocycles. The van der Waals surface area contributed by atoms with Crippen molar-refractivity contribution < 1.29 is 5.11 Å². The minimum absolute atomic E-state index is 0.319. The second kappa shape index (κ2) is 3.62. The topological polar surface area (TPSA) is 23.5 Å². The summed E-state index contributed by atoms with van der Waals surface area (Å²) in [5.41, 5.74) is 1.36. The van der Waals surface area contributed by atoms with Crippen molar-refractivity contribution in [1.29, 1.82) is 0 Å². The molecule has 1 N–H and O–H groups in total. The molecule has 2 nitrogen and oxygen atoms in total. The molecule has 2 heteroatoms. The second-order valence-electron chi connectivity index (χ2n) is 4.79. The number of piperidine rings is 1. The van der Waals surface area contributed by atoms with E-state index in [4.69, 9.17) is 0 Å². The first-order chi connectivity index (χ1) is 7.38. The molecule has 0 spiro atoms. The van der Waals surface area contributed by atoms with E-state index in [1.54, 1.807) is 0 Å². The van der Waals surface area contributed by atoms with E-state index in [2.05, 4.69) is 35.2 Å². The predicted molar refractivity (Wildman–Crippen MR) is 59.4 cm³/mol. The second-order valence-corrected chi connectivity index (χ2v) is 4.79. The fourth-order valence-corrected chi connectivity index (χ4v) is 2.87. The van der Waals surface area contributed by atoms with Crippen molar-refractivity contribution >= 4 is 0 Å². The molecule has 15 heavy (non-hydrogen) atoms. The zero-order valence-electron chi connectivity index (χ0n) is 8.84. The van der Waals surface area contributed by atoms with Crippen LogP contribution in [0, 0.1) is 5.92 Å². The van der Waals surface area contributed by atoms with Gasteiger partial charge >= 0.3 is 0 Å². The molecule has 3 atom stereocenters. The number of aliphatic hydroxyl groups is 1. The van der Waals surface area contributed by atoms with E-state index < -0.39 is 0 Å². The van der Waals surface area contributed by atoms with Crippen LogP contribution in [0.15, 0.2) is 30.3 Å². The molecule has 0 amide bonds. The third kappa shape index (κ3) is 1.68. The summed E-state index contributed by atoms with van der Waals surface area (Å²) in [7, 11) is 0. The molecule has 0 radical (unpaired) electrons. The lowest BCUT2D eigenvalue weighted by Crippen LogP contribution is -2.34. The summed E-state index contributed by atoms with van der Waals surface area (Å²) in [6, 6.07) is 11.7. The first-order valence-electron chi connectivity index (χ1n) is 5.79. The Morgan fingerprint density at radius 3 is 2.73 bits per heavy atom. The van der Waals surface area contributed by atoms with Crippen molar-refractivity contribution in [1.82, 2.24) is 4.90 Å². The Balaban J connectivity index is 1.72. The molecule has 1 saturated carbocycles. The van der Waals surface area contributed by atoms with E-state index in [1.807, 2.05) is 0 Å². The van der Waals surface area contributed by atoms with E-state index in [1.165, 1.54) is 18.4 Å². The number of rotatable bonds is 3. The average Bonchev–Trinajstić information content (AvgIpc) is 2.97. The van der Waals surface area contributed by atoms with Crippen molar-refractivity contribution in [2.75, 3.05) is 6.61 Å². The summed E-state index contributed by atoms with van der Waals surface area (Å²) in [5, 5.41) is 9.31. The van der Waals surface area contributed by atoms with Gasteiger partial charge in [0.1, 0.15) is 0 Å². The molecular weight excluding hydrogens is 186 g/mol. The van der Waals surface area contributed by atoms with Gasteiger partial charge in [0.15, 0.2) is 0 Å². The quantitative estimate of drug-likeness (QED) is 0.807. The lowest BCUT2D eigenvalue weighted by Gasteiger charge is -2.25. The summed E-state index contributed by atoms with van der Waals surface area (Å²) < 4.78 is 0. The third-order valence-corrected chi connectivity index (χ3v) is 3.77. The molecule has 3 rings (SSSR count). The fourth-order valence-electron chi connectivity index (χ4n) is 2.87. The molecule has 0 bridgehead atoms. The Bertz CT molecular complexity index is 338. The lowest BCUT2D eigenvalue weighted by atomic mass is 10.1. The van der Waals surface area contributed by atoms with E-state index in [-0.39, 0.29) is 0 Å². The number of benzene rings is 1. The number of hydrogen-bond donors (Lipinski definition) is 1. The van der Waals surface area contributed by atoms with Crippen molar-refractivity contribution in [3.05, 3.63) is 35.9 Å². The van der Waals surface area contributed by atoms with Gasteiger partial charge in [0.25, 0.3) is 0 Å². The molecule has 0 unspecified atom stereocenters. The molecule has 1 aromatic rings. The average molecular weight is 203 g/mol. The predicted octanol–water partition coefficient (Wildman–Crippen LogP) is 1.64. The van der Waals surface area contributed by atoms with Crippen LogP contribution in [-0.4, -0.2) is 28.7 Å². The van der Waals surface area contributed by atoms with Gasteiger partial charge in [-0.25, -0.2) is 0 Å². The summed E-state index contributed by atoms with van der Waals surface area (Å²) in [4.78, 5) is 2.49. The van der Waals surface area contributed by atoms with Crippen molar-refractivity contribution in [2.45, 2.75) is 31.5 Å². The fraction of sp³-hybridized carbons (Fsp3) is 0.538. The smallest absolute Gasteiger partial charge is 0.0587 e. The molecular formula is C13H17NO. The van der Waals surface area contributed by atoms with E-state index in [0.717, 1.165) is 18.5 Å². The summed E-state index contributed by atoms with van der Waals surface area (Å²) in [6.45, 7) is 1.33. The van der Waals surface area contributed by atoms with Gasteiger partial charge in [0, 0.05) is 18.6 Å². The molecule has 1 aromatic carbocycles. The maximum atomic E-state index is 9.31. The standard InChI is InChI=1S/C13H17NO/c15-9-12-6-11-7-13(11)14(12)8-10-4-2-1-3-5-10/h1-5,11-13,15H,6-9H2/t11-,12+,13+/m1/s1. The first kappa shape index (κ1) is 9.37. The van der Waals surface area contributed by atoms with Gasteiger partial charge in [-0.05, 0) is 24.3 Å². The number of hydrogen-bond acceptors (Lipinski definition) is 2. The Morgan fingerprint density at radius 2 is 2.00 bits per heavy atom. The van der Waals surface area contributed by atoms with Crippen LogP contribution in [0.25, 0.3) is 0 Å². The highest BCUT2D eigenvalue weighted by atomic mass is 16.3. The normalized spacial score (nSPS) is 34.1. The highest BCUT2D eigenvalue weighted by Gasteiger charge is 2.51. The van der Waals surface area contributed by atoms with Crippen LogP contribution in [0.3, 0.4) is 0 Å². The monoisotopic (exact) mass is 203 g/mol. The molecule has 1 aliphatic heterocycles. The summed E-state index contributed by atoms with van der Waals surface area (Å²) in [5.74, 6) is 0.880. The SMILES string of the molecule is OC[C@@H]1C[C@@H]2C[C@@H]2N1Cc1ccccc1. The van der Waals surface area contributed by atoms with Gasteiger partial charge in [-0.2, -0.15) is 0 Å². The Morgan fingerprint density at radius 1 is 1.20 bits per heavy atom. The van der Waals surface area contributed by atoms with Crippen LogP contribution < -0.4 is 0 Å². The van der Waals surface area contributed by atoms with Gasteiger partial charge in [-0.1, -0.05) is 30.3 Å². The molecule has 1 saturated heterocycles. The van der Waals surface area contributed by atoms with Crippen LogP contribution in [0.1, 0.15) is 18.4 Å². The Hall–Kier alpha value is -0.860. The van der Waals surface area contributed by atoms with Gasteiger partial charge in [-0.15, -0.1) is 0 Å². The third-order valence-electron chi connectivity index (χ3n) is 3.77. The highest BCUT2D eigenvalue weighted by Crippen LogP contribution is 2.48. The van der Waals surface area contributed by atoms with Gasteiger partial charge in [-0.3, -0.25) is 4.90 Å². The van der Waals surface area contributed by atoms with E-state index >= 15 is 0 Å². The minimum Gasteiger partial charge on any atom is -0.395 e. The number of likely N-dealkylation sites (tertiary alicyclic amines) is 1. The Kier molecular flexibility index (Phi) is 2.26. The molecule has 1 aliphatic carbocycles. The van der Waals surface area contributed by atoms with Crippen molar-refractivity contribution in [2.24, 2.45) is 5.92 Å². The number of nitrogens with zero attached hydrogens (tertiary/aromatic N) is 1. The zero-order valence-corrected chi connectivity index (χ0v) is 8.84. The van der Waals surface area contributed by atoms with Crippen LogP contribution in [-0.2, 0) is 6.54 Å². The molecule has 80 valence electrons. The number of aliphatic hydroxyl groups excluding tert-OH is 1. The van der Waals surface area contributed by atoms with Crippen LogP contribution in [0.2, 0.25) is 0 Å². The lowest BCUT2D eigenvalue weighted by molar-refractivity contribution is 0.132.